The molecule has 28 heavy (non-hydrogen) atoms. The van der Waals surface area contributed by atoms with Crippen molar-refractivity contribution in [1.29, 1.82) is 5.26 Å². The van der Waals surface area contributed by atoms with Gasteiger partial charge in [-0.1, -0.05) is 55.9 Å². The summed E-state index contributed by atoms with van der Waals surface area (Å²) in [4.78, 5) is 19.1. The predicted molar refractivity (Wildman–Crippen MR) is 114 cm³/mol. The van der Waals surface area contributed by atoms with E-state index in [2.05, 4.69) is 37.0 Å². The number of nitriles is 1. The van der Waals surface area contributed by atoms with E-state index in [1.165, 1.54) is 22.2 Å². The smallest absolute Gasteiger partial charge is 0.283 e. The van der Waals surface area contributed by atoms with E-state index < -0.39 is 0 Å². The fourth-order valence-electron chi connectivity index (χ4n) is 2.80. The summed E-state index contributed by atoms with van der Waals surface area (Å²) in [5.74, 6) is 1.09. The highest BCUT2D eigenvalue weighted by atomic mass is 32.2. The van der Waals surface area contributed by atoms with Crippen LogP contribution in [0, 0.1) is 11.3 Å². The zero-order valence-electron chi connectivity index (χ0n) is 16.0. The van der Waals surface area contributed by atoms with Crippen LogP contribution in [0.5, 0.6) is 5.75 Å². The molecule has 1 amide bonds. The zero-order chi connectivity index (χ0) is 20.1. The molecular formula is C22H21N3O2S. The van der Waals surface area contributed by atoms with Crippen LogP contribution in [-0.2, 0) is 4.79 Å². The molecule has 0 atom stereocenters. The molecule has 2 aromatic rings. The number of nitrogens with zero attached hydrogens (tertiary/aromatic N) is 3. The van der Waals surface area contributed by atoms with Crippen LogP contribution in [0.25, 0.3) is 6.08 Å². The summed E-state index contributed by atoms with van der Waals surface area (Å²) in [5.41, 5.74) is 3.16. The summed E-state index contributed by atoms with van der Waals surface area (Å²) >= 11 is 1.24. The maximum absolute atomic E-state index is 13.1. The fraction of sp³-hybridized carbons (Fsp3) is 0.227. The van der Waals surface area contributed by atoms with E-state index in [4.69, 9.17) is 10.00 Å². The van der Waals surface area contributed by atoms with Gasteiger partial charge in [-0.2, -0.15) is 5.26 Å². The monoisotopic (exact) mass is 391 g/mol. The van der Waals surface area contributed by atoms with Gasteiger partial charge in [0.15, 0.2) is 5.17 Å². The Morgan fingerprint density at radius 3 is 2.64 bits per heavy atom. The molecule has 1 aliphatic rings. The lowest BCUT2D eigenvalue weighted by Gasteiger charge is -2.17. The number of carbonyl (C=O) groups is 1. The summed E-state index contributed by atoms with van der Waals surface area (Å²) in [7, 11) is 1.58. The van der Waals surface area contributed by atoms with Gasteiger partial charge < -0.3 is 4.74 Å². The Hall–Kier alpha value is -3.04. The van der Waals surface area contributed by atoms with Crippen LogP contribution in [-0.4, -0.2) is 23.9 Å². The third-order valence-electron chi connectivity index (χ3n) is 4.31. The van der Waals surface area contributed by atoms with Crippen molar-refractivity contribution in [3.05, 3.63) is 65.4 Å². The van der Waals surface area contributed by atoms with Gasteiger partial charge in [0.1, 0.15) is 11.4 Å². The third-order valence-corrected chi connectivity index (χ3v) is 5.12. The van der Waals surface area contributed by atoms with Crippen molar-refractivity contribution < 1.29 is 9.53 Å². The second-order valence-corrected chi connectivity index (χ2v) is 7.48. The van der Waals surface area contributed by atoms with Gasteiger partial charge in [-0.05, 0) is 35.3 Å². The molecule has 0 saturated heterocycles. The number of ether oxygens (including phenoxy) is 1. The Bertz CT molecular complexity index is 972. The number of thioether (sulfide) groups is 1. The molecule has 0 bridgehead atoms. The van der Waals surface area contributed by atoms with E-state index in [0.717, 1.165) is 5.56 Å². The molecule has 6 heteroatoms. The molecule has 0 aliphatic carbocycles. The van der Waals surface area contributed by atoms with E-state index >= 15 is 0 Å². The SMILES string of the molecule is COc1cccc(N2C(=O)/C(=C\c3ccc(C(C)C)cc3)N=C2SCC#N)c1. The summed E-state index contributed by atoms with van der Waals surface area (Å²) < 4.78 is 5.27. The predicted octanol–water partition coefficient (Wildman–Crippen LogP) is 4.82. The second kappa shape index (κ2) is 8.77. The quantitative estimate of drug-likeness (QED) is 0.686. The first-order chi connectivity index (χ1) is 13.5. The molecule has 0 unspecified atom stereocenters. The van der Waals surface area contributed by atoms with E-state index in [1.54, 1.807) is 19.3 Å². The third kappa shape index (κ3) is 4.26. The summed E-state index contributed by atoms with van der Waals surface area (Å²) in [6.45, 7) is 4.28. The van der Waals surface area contributed by atoms with Crippen molar-refractivity contribution >= 4 is 34.6 Å². The molecule has 5 nitrogen and oxygen atoms in total. The van der Waals surface area contributed by atoms with Gasteiger partial charge >= 0.3 is 0 Å². The summed E-state index contributed by atoms with van der Waals surface area (Å²) in [5, 5.41) is 9.43. The Labute approximate surface area is 169 Å². The highest BCUT2D eigenvalue weighted by Crippen LogP contribution is 2.31. The number of rotatable bonds is 5. The van der Waals surface area contributed by atoms with E-state index in [1.807, 2.05) is 30.3 Å². The minimum absolute atomic E-state index is 0.211. The molecular weight excluding hydrogens is 370 g/mol. The standard InChI is InChI=1S/C22H21N3O2S/c1-15(2)17-9-7-16(8-10-17)13-20-21(26)25(22(24-20)28-12-11-23)18-5-4-6-19(14-18)27-3/h4-10,13-15H,12H2,1-3H3/b20-13+. The molecule has 0 saturated carbocycles. The average Bonchev–Trinajstić information content (AvgIpc) is 3.02. The fourth-order valence-corrected chi connectivity index (χ4v) is 3.48. The first-order valence-electron chi connectivity index (χ1n) is 8.92. The maximum Gasteiger partial charge on any atom is 0.283 e. The van der Waals surface area contributed by atoms with Crippen molar-refractivity contribution in [3.8, 4) is 11.8 Å². The van der Waals surface area contributed by atoms with Crippen LogP contribution in [0.3, 0.4) is 0 Å². The van der Waals surface area contributed by atoms with Gasteiger partial charge in [0.2, 0.25) is 0 Å². The number of hydrogen-bond acceptors (Lipinski definition) is 5. The van der Waals surface area contributed by atoms with Gasteiger partial charge in [0.25, 0.3) is 5.91 Å². The van der Waals surface area contributed by atoms with E-state index in [-0.39, 0.29) is 11.7 Å². The highest BCUT2D eigenvalue weighted by molar-refractivity contribution is 8.14. The van der Waals surface area contributed by atoms with Crippen LogP contribution >= 0.6 is 11.8 Å². The van der Waals surface area contributed by atoms with Gasteiger partial charge in [-0.3, -0.25) is 9.69 Å². The van der Waals surface area contributed by atoms with Crippen molar-refractivity contribution in [2.45, 2.75) is 19.8 Å². The number of benzene rings is 2. The van der Waals surface area contributed by atoms with Crippen molar-refractivity contribution in [1.82, 2.24) is 0 Å². The molecule has 0 radical (unpaired) electrons. The molecule has 1 heterocycles. The van der Waals surface area contributed by atoms with Crippen molar-refractivity contribution in [3.63, 3.8) is 0 Å². The lowest BCUT2D eigenvalue weighted by molar-refractivity contribution is -0.113. The van der Waals surface area contributed by atoms with Gasteiger partial charge in [-0.15, -0.1) is 0 Å². The summed E-state index contributed by atoms with van der Waals surface area (Å²) in [6.07, 6.45) is 1.78. The second-order valence-electron chi connectivity index (χ2n) is 6.53. The average molecular weight is 391 g/mol. The molecule has 1 aliphatic heterocycles. The van der Waals surface area contributed by atoms with Gasteiger partial charge in [0.05, 0.1) is 24.6 Å². The molecule has 0 N–H and O–H groups in total. The normalized spacial score (nSPS) is 15.1. The Balaban J connectivity index is 1.95. The van der Waals surface area contributed by atoms with Gasteiger partial charge in [0, 0.05) is 6.07 Å². The number of methoxy groups -OCH3 is 1. The van der Waals surface area contributed by atoms with Crippen molar-refractivity contribution in [2.75, 3.05) is 17.8 Å². The van der Waals surface area contributed by atoms with Crippen LogP contribution in [0.2, 0.25) is 0 Å². The Kier molecular flexibility index (Phi) is 6.17. The number of amides is 1. The topological polar surface area (TPSA) is 65.7 Å². The lowest BCUT2D eigenvalue weighted by Crippen LogP contribution is -2.30. The Morgan fingerprint density at radius 1 is 1.25 bits per heavy atom. The van der Waals surface area contributed by atoms with Crippen LogP contribution in [0.4, 0.5) is 5.69 Å². The number of amidine groups is 1. The van der Waals surface area contributed by atoms with E-state index in [0.29, 0.717) is 28.2 Å². The van der Waals surface area contributed by atoms with Crippen molar-refractivity contribution in [2.24, 2.45) is 4.99 Å². The minimum atomic E-state index is -0.221. The first-order valence-corrected chi connectivity index (χ1v) is 9.90. The molecule has 2 aromatic carbocycles. The molecule has 3 rings (SSSR count). The van der Waals surface area contributed by atoms with Gasteiger partial charge in [-0.25, -0.2) is 4.99 Å². The number of anilines is 1. The number of carbonyl (C=O) groups excluding carboxylic acids is 1. The number of aliphatic imine (C=N–C) groups is 1. The minimum Gasteiger partial charge on any atom is -0.497 e. The zero-order valence-corrected chi connectivity index (χ0v) is 16.9. The molecule has 0 spiro atoms. The van der Waals surface area contributed by atoms with E-state index in [9.17, 15) is 4.79 Å². The molecule has 0 aromatic heterocycles. The molecule has 142 valence electrons. The first kappa shape index (κ1) is 19.7. The number of hydrogen-bond donors (Lipinski definition) is 0. The highest BCUT2D eigenvalue weighted by Gasteiger charge is 2.32. The molecule has 0 fully saturated rings. The Morgan fingerprint density at radius 2 is 2.00 bits per heavy atom. The lowest BCUT2D eigenvalue weighted by atomic mass is 10.0. The maximum atomic E-state index is 13.1. The summed E-state index contributed by atoms with van der Waals surface area (Å²) in [6, 6.07) is 17.4. The van der Waals surface area contributed by atoms with Crippen LogP contribution in [0.1, 0.15) is 30.9 Å². The largest absolute Gasteiger partial charge is 0.497 e. The van der Waals surface area contributed by atoms with Crippen LogP contribution < -0.4 is 9.64 Å². The van der Waals surface area contributed by atoms with Crippen LogP contribution in [0.15, 0.2) is 59.2 Å².